The van der Waals surface area contributed by atoms with Crippen LogP contribution < -0.4 is 15.2 Å². The zero-order valence-electron chi connectivity index (χ0n) is 13.8. The van der Waals surface area contributed by atoms with Crippen LogP contribution in [-0.2, 0) is 11.3 Å². The summed E-state index contributed by atoms with van der Waals surface area (Å²) < 4.78 is 11.1. The van der Waals surface area contributed by atoms with Crippen molar-refractivity contribution in [1.82, 2.24) is 4.90 Å². The van der Waals surface area contributed by atoms with Gasteiger partial charge >= 0.3 is 0 Å². The van der Waals surface area contributed by atoms with Crippen molar-refractivity contribution in [2.45, 2.75) is 46.3 Å². The lowest BCUT2D eigenvalue weighted by Gasteiger charge is -2.31. The van der Waals surface area contributed by atoms with Gasteiger partial charge in [0.1, 0.15) is 13.2 Å². The first-order valence-corrected chi connectivity index (χ1v) is 7.84. The van der Waals surface area contributed by atoms with Crippen molar-refractivity contribution in [3.63, 3.8) is 0 Å². The summed E-state index contributed by atoms with van der Waals surface area (Å²) in [6.07, 6.45) is 0. The Kier molecular flexibility index (Phi) is 5.29. The van der Waals surface area contributed by atoms with Crippen LogP contribution in [0, 0.1) is 5.92 Å². The second kappa shape index (κ2) is 7.01. The number of rotatable bonds is 5. The molecule has 1 amide bonds. The molecule has 0 fully saturated rings. The maximum atomic E-state index is 12.6. The average molecular weight is 306 g/mol. The quantitative estimate of drug-likeness (QED) is 0.905. The standard InChI is InChI=1S/C17H26N2O3/c1-11(2)16(18)17(20)19(12(3)4)10-13-5-6-14-15(9-13)22-8-7-21-14/h5-6,9,11-12,16H,7-8,10,18H2,1-4H3. The lowest BCUT2D eigenvalue weighted by Crippen LogP contribution is -2.48. The second-order valence-corrected chi connectivity index (χ2v) is 6.31. The summed E-state index contributed by atoms with van der Waals surface area (Å²) in [6, 6.07) is 5.43. The molecular weight excluding hydrogens is 280 g/mol. The molecule has 0 saturated carbocycles. The van der Waals surface area contributed by atoms with Gasteiger partial charge in [0.2, 0.25) is 5.91 Å². The maximum Gasteiger partial charge on any atom is 0.240 e. The predicted molar refractivity (Wildman–Crippen MR) is 85.9 cm³/mol. The molecule has 0 aromatic heterocycles. The van der Waals surface area contributed by atoms with E-state index < -0.39 is 6.04 Å². The third-order valence-electron chi connectivity index (χ3n) is 3.87. The molecule has 0 bridgehead atoms. The van der Waals surface area contributed by atoms with Gasteiger partial charge in [-0.1, -0.05) is 19.9 Å². The number of hydrogen-bond donors (Lipinski definition) is 1. The number of fused-ring (bicyclic) bond motifs is 1. The van der Waals surface area contributed by atoms with Crippen molar-refractivity contribution < 1.29 is 14.3 Å². The smallest absolute Gasteiger partial charge is 0.240 e. The summed E-state index contributed by atoms with van der Waals surface area (Å²) in [6.45, 7) is 9.59. The molecule has 1 aromatic rings. The van der Waals surface area contributed by atoms with Gasteiger partial charge in [0, 0.05) is 12.6 Å². The van der Waals surface area contributed by atoms with Crippen LogP contribution in [0.25, 0.3) is 0 Å². The number of nitrogens with two attached hydrogens (primary N) is 1. The summed E-state index contributed by atoms with van der Waals surface area (Å²) >= 11 is 0. The van der Waals surface area contributed by atoms with Crippen LogP contribution in [0.4, 0.5) is 0 Å². The van der Waals surface area contributed by atoms with Crippen molar-refractivity contribution in [3.05, 3.63) is 23.8 Å². The van der Waals surface area contributed by atoms with Crippen LogP contribution in [0.3, 0.4) is 0 Å². The first kappa shape index (κ1) is 16.6. The monoisotopic (exact) mass is 306 g/mol. The van der Waals surface area contributed by atoms with Crippen LogP contribution in [-0.4, -0.2) is 36.1 Å². The molecule has 5 nitrogen and oxygen atoms in total. The third kappa shape index (κ3) is 3.71. The Morgan fingerprint density at radius 3 is 2.41 bits per heavy atom. The summed E-state index contributed by atoms with van der Waals surface area (Å²) in [5, 5.41) is 0. The van der Waals surface area contributed by atoms with E-state index in [4.69, 9.17) is 15.2 Å². The molecule has 1 atom stereocenters. The van der Waals surface area contributed by atoms with Gasteiger partial charge in [-0.05, 0) is 37.5 Å². The number of nitrogens with zero attached hydrogens (tertiary/aromatic N) is 1. The Hall–Kier alpha value is -1.75. The topological polar surface area (TPSA) is 64.8 Å². The molecule has 22 heavy (non-hydrogen) atoms. The summed E-state index contributed by atoms with van der Waals surface area (Å²) in [5.74, 6) is 1.61. The van der Waals surface area contributed by atoms with Gasteiger partial charge in [-0.3, -0.25) is 4.79 Å². The average Bonchev–Trinajstić information content (AvgIpc) is 2.50. The van der Waals surface area contributed by atoms with Gasteiger partial charge in [0.25, 0.3) is 0 Å². The van der Waals surface area contributed by atoms with E-state index in [1.807, 2.05) is 50.8 Å². The molecule has 1 heterocycles. The Labute approximate surface area is 132 Å². The molecule has 0 radical (unpaired) electrons. The highest BCUT2D eigenvalue weighted by atomic mass is 16.6. The zero-order chi connectivity index (χ0) is 16.3. The van der Waals surface area contributed by atoms with Crippen molar-refractivity contribution in [3.8, 4) is 11.5 Å². The number of amides is 1. The van der Waals surface area contributed by atoms with Gasteiger partial charge in [-0.2, -0.15) is 0 Å². The SMILES string of the molecule is CC(C)C(N)C(=O)N(Cc1ccc2c(c1)OCCO2)C(C)C. The fourth-order valence-electron chi connectivity index (χ4n) is 2.37. The molecule has 2 N–H and O–H groups in total. The highest BCUT2D eigenvalue weighted by molar-refractivity contribution is 5.82. The van der Waals surface area contributed by atoms with E-state index in [2.05, 4.69) is 0 Å². The maximum absolute atomic E-state index is 12.6. The highest BCUT2D eigenvalue weighted by Crippen LogP contribution is 2.31. The molecular formula is C17H26N2O3. The molecule has 1 unspecified atom stereocenters. The molecule has 5 heteroatoms. The summed E-state index contributed by atoms with van der Waals surface area (Å²) in [5.41, 5.74) is 7.04. The Morgan fingerprint density at radius 2 is 1.82 bits per heavy atom. The Bertz CT molecular complexity index is 529. The first-order valence-electron chi connectivity index (χ1n) is 7.84. The second-order valence-electron chi connectivity index (χ2n) is 6.31. The van der Waals surface area contributed by atoms with Crippen LogP contribution in [0.15, 0.2) is 18.2 Å². The normalized spacial score (nSPS) is 15.0. The molecule has 0 spiro atoms. The van der Waals surface area contributed by atoms with Gasteiger partial charge in [0.15, 0.2) is 11.5 Å². The zero-order valence-corrected chi connectivity index (χ0v) is 13.8. The van der Waals surface area contributed by atoms with Crippen LogP contribution in [0.1, 0.15) is 33.3 Å². The lowest BCUT2D eigenvalue weighted by atomic mass is 10.0. The van der Waals surface area contributed by atoms with Gasteiger partial charge in [-0.25, -0.2) is 0 Å². The predicted octanol–water partition coefficient (Wildman–Crippen LogP) is 2.18. The first-order chi connectivity index (χ1) is 10.4. The summed E-state index contributed by atoms with van der Waals surface area (Å²) in [4.78, 5) is 14.4. The minimum absolute atomic E-state index is 0.0140. The highest BCUT2D eigenvalue weighted by Gasteiger charge is 2.26. The minimum atomic E-state index is -0.473. The van der Waals surface area contributed by atoms with E-state index in [1.54, 1.807) is 0 Å². The molecule has 1 aliphatic heterocycles. The lowest BCUT2D eigenvalue weighted by molar-refractivity contribution is -0.136. The van der Waals surface area contributed by atoms with Gasteiger partial charge in [0.05, 0.1) is 6.04 Å². The molecule has 2 rings (SSSR count). The van der Waals surface area contributed by atoms with Gasteiger partial charge < -0.3 is 20.1 Å². The number of ether oxygens (including phenoxy) is 2. The number of hydrogen-bond acceptors (Lipinski definition) is 4. The van der Waals surface area contributed by atoms with Crippen LogP contribution in [0.5, 0.6) is 11.5 Å². The van der Waals surface area contributed by atoms with E-state index in [9.17, 15) is 4.79 Å². The van der Waals surface area contributed by atoms with Crippen LogP contribution in [0.2, 0.25) is 0 Å². The molecule has 1 aromatic carbocycles. The molecule has 0 saturated heterocycles. The van der Waals surface area contributed by atoms with Crippen molar-refractivity contribution in [1.29, 1.82) is 0 Å². The van der Waals surface area contributed by atoms with E-state index in [0.29, 0.717) is 19.8 Å². The number of carbonyl (C=O) groups is 1. The minimum Gasteiger partial charge on any atom is -0.486 e. The van der Waals surface area contributed by atoms with Crippen molar-refractivity contribution in [2.75, 3.05) is 13.2 Å². The molecule has 122 valence electrons. The summed E-state index contributed by atoms with van der Waals surface area (Å²) in [7, 11) is 0. The Balaban J connectivity index is 2.16. The fraction of sp³-hybridized carbons (Fsp3) is 0.588. The van der Waals surface area contributed by atoms with Crippen molar-refractivity contribution in [2.24, 2.45) is 11.7 Å². The van der Waals surface area contributed by atoms with E-state index in [1.165, 1.54) is 0 Å². The van der Waals surface area contributed by atoms with E-state index >= 15 is 0 Å². The Morgan fingerprint density at radius 1 is 1.18 bits per heavy atom. The van der Waals surface area contributed by atoms with E-state index in [0.717, 1.165) is 17.1 Å². The van der Waals surface area contributed by atoms with Crippen LogP contribution >= 0.6 is 0 Å². The fourth-order valence-corrected chi connectivity index (χ4v) is 2.37. The third-order valence-corrected chi connectivity index (χ3v) is 3.87. The number of benzene rings is 1. The molecule has 0 aliphatic carbocycles. The number of carbonyl (C=O) groups excluding carboxylic acids is 1. The van der Waals surface area contributed by atoms with Gasteiger partial charge in [-0.15, -0.1) is 0 Å². The van der Waals surface area contributed by atoms with Crippen molar-refractivity contribution >= 4 is 5.91 Å². The van der Waals surface area contributed by atoms with E-state index in [-0.39, 0.29) is 17.9 Å². The molecule has 1 aliphatic rings. The largest absolute Gasteiger partial charge is 0.486 e.